The largest absolute Gasteiger partial charge is 0.462 e. The predicted molar refractivity (Wildman–Crippen MR) is 122 cm³/mol. The minimum absolute atomic E-state index is 0.00612. The molecule has 2 rings (SSSR count). The molecule has 0 radical (unpaired) electrons. The van der Waals surface area contributed by atoms with Crippen LogP contribution in [0.4, 0.5) is 11.4 Å². The molecule has 0 spiro atoms. The monoisotopic (exact) mass is 442 g/mol. The standard InChI is InChI=1S/C22H26N4O4S/c1-6-26-20(28)18(31-21(26)17(12-23)22(29)30-7-2)13-24-15-9-8-10-16(11-15)25(5)19(27)14(3)4/h8-11,13-14,24H,6-7H2,1-5H3. The second-order valence-electron chi connectivity index (χ2n) is 6.92. The van der Waals surface area contributed by atoms with E-state index < -0.39 is 5.97 Å². The summed E-state index contributed by atoms with van der Waals surface area (Å²) in [5.41, 5.74) is 0.905. The van der Waals surface area contributed by atoms with Gasteiger partial charge in [0.1, 0.15) is 15.3 Å². The molecule has 0 bridgehead atoms. The summed E-state index contributed by atoms with van der Waals surface area (Å²) in [7, 11) is 1.71. The quantitative estimate of drug-likeness (QED) is 0.654. The second kappa shape index (κ2) is 10.6. The summed E-state index contributed by atoms with van der Waals surface area (Å²) in [6.07, 6.45) is 1.53. The van der Waals surface area contributed by atoms with E-state index in [-0.39, 0.29) is 34.2 Å². The maximum absolute atomic E-state index is 12.8. The lowest BCUT2D eigenvalue weighted by atomic mass is 10.1. The lowest BCUT2D eigenvalue weighted by Crippen LogP contribution is -2.32. The third kappa shape index (κ3) is 5.41. The number of anilines is 2. The van der Waals surface area contributed by atoms with Crippen molar-refractivity contribution in [2.75, 3.05) is 23.9 Å². The number of ether oxygens (including phenoxy) is 1. The van der Waals surface area contributed by atoms with Crippen LogP contribution in [0, 0.1) is 17.2 Å². The van der Waals surface area contributed by atoms with Gasteiger partial charge >= 0.3 is 5.97 Å². The summed E-state index contributed by atoms with van der Waals surface area (Å²) in [6, 6.07) is 9.10. The molecule has 31 heavy (non-hydrogen) atoms. The summed E-state index contributed by atoms with van der Waals surface area (Å²) >= 11 is 1.04. The Hall–Kier alpha value is -3.38. The van der Waals surface area contributed by atoms with E-state index in [4.69, 9.17) is 4.74 Å². The van der Waals surface area contributed by atoms with Crippen LogP contribution in [0.2, 0.25) is 0 Å². The van der Waals surface area contributed by atoms with Gasteiger partial charge in [0.2, 0.25) is 5.91 Å². The van der Waals surface area contributed by atoms with Gasteiger partial charge in [-0.05, 0) is 32.0 Å². The van der Waals surface area contributed by atoms with Crippen LogP contribution in [-0.2, 0) is 20.9 Å². The molecule has 2 aromatic rings. The first-order valence-corrected chi connectivity index (χ1v) is 10.7. The van der Waals surface area contributed by atoms with Gasteiger partial charge < -0.3 is 15.0 Å². The molecule has 0 saturated carbocycles. The molecule has 0 saturated heterocycles. The van der Waals surface area contributed by atoms with Crippen molar-refractivity contribution in [1.29, 1.82) is 5.26 Å². The third-order valence-corrected chi connectivity index (χ3v) is 5.59. The summed E-state index contributed by atoms with van der Waals surface area (Å²) in [4.78, 5) is 38.7. The van der Waals surface area contributed by atoms with E-state index in [0.29, 0.717) is 16.8 Å². The Morgan fingerprint density at radius 1 is 1.35 bits per heavy atom. The number of esters is 1. The number of carbonyl (C=O) groups is 2. The molecule has 0 atom stereocenters. The number of carbonyl (C=O) groups excluding carboxylic acids is 2. The van der Waals surface area contributed by atoms with Gasteiger partial charge in [0.05, 0.1) is 6.61 Å². The summed E-state index contributed by atoms with van der Waals surface area (Å²) < 4.78 is 6.91. The molecule has 9 heteroatoms. The molecule has 1 aromatic carbocycles. The van der Waals surface area contributed by atoms with E-state index in [9.17, 15) is 19.6 Å². The van der Waals surface area contributed by atoms with E-state index in [0.717, 1.165) is 17.0 Å². The van der Waals surface area contributed by atoms with Crippen molar-refractivity contribution in [2.45, 2.75) is 34.2 Å². The number of rotatable bonds is 7. The highest BCUT2D eigenvalue weighted by atomic mass is 32.1. The van der Waals surface area contributed by atoms with Crippen LogP contribution in [0.1, 0.15) is 27.7 Å². The molecule has 8 nitrogen and oxygen atoms in total. The van der Waals surface area contributed by atoms with Crippen LogP contribution in [0.25, 0.3) is 11.8 Å². The molecule has 1 N–H and O–H groups in total. The fourth-order valence-electron chi connectivity index (χ4n) is 2.84. The number of hydrogen-bond acceptors (Lipinski definition) is 7. The van der Waals surface area contributed by atoms with Crippen LogP contribution in [-0.4, -0.2) is 30.1 Å². The zero-order valence-corrected chi connectivity index (χ0v) is 19.1. The molecule has 0 aliphatic carbocycles. The highest BCUT2D eigenvalue weighted by Crippen LogP contribution is 2.20. The van der Waals surface area contributed by atoms with Crippen LogP contribution in [0.3, 0.4) is 0 Å². The first kappa shape index (κ1) is 23.9. The van der Waals surface area contributed by atoms with Gasteiger partial charge in [-0.15, -0.1) is 11.3 Å². The van der Waals surface area contributed by atoms with Crippen molar-refractivity contribution in [3.05, 3.63) is 43.8 Å². The molecule has 1 aromatic heterocycles. The zero-order valence-electron chi connectivity index (χ0n) is 18.3. The number of thiazole rings is 1. The number of nitrogens with zero attached hydrogens (tertiary/aromatic N) is 3. The molecule has 1 heterocycles. The normalized spacial score (nSPS) is 12.4. The fraction of sp³-hybridized carbons (Fsp3) is 0.364. The number of nitriles is 1. The molecular formula is C22H26N4O4S. The van der Waals surface area contributed by atoms with E-state index in [1.807, 2.05) is 38.1 Å². The van der Waals surface area contributed by atoms with E-state index in [1.54, 1.807) is 31.9 Å². The summed E-state index contributed by atoms with van der Waals surface area (Å²) in [6.45, 7) is 7.53. The number of nitrogens with one attached hydrogen (secondary N) is 1. The molecule has 0 fully saturated rings. The van der Waals surface area contributed by atoms with Gasteiger partial charge in [-0.3, -0.25) is 14.2 Å². The summed E-state index contributed by atoms with van der Waals surface area (Å²) in [5.74, 6) is -0.887. The SMILES string of the molecule is CCOC(=O)C(C#N)=c1sc(=CNc2cccc(N(C)C(=O)C(C)C)c2)c(=O)n1CC. The van der Waals surface area contributed by atoms with Crippen molar-refractivity contribution >= 4 is 46.4 Å². The molecule has 164 valence electrons. The average molecular weight is 443 g/mol. The third-order valence-electron chi connectivity index (χ3n) is 4.46. The van der Waals surface area contributed by atoms with Gasteiger partial charge in [-0.1, -0.05) is 19.9 Å². The molecule has 0 aliphatic heterocycles. The number of benzene rings is 1. The molecule has 1 amide bonds. The van der Waals surface area contributed by atoms with E-state index >= 15 is 0 Å². The van der Waals surface area contributed by atoms with E-state index in [2.05, 4.69) is 5.32 Å². The maximum Gasteiger partial charge on any atom is 0.351 e. The number of amides is 1. The van der Waals surface area contributed by atoms with Gasteiger partial charge in [-0.2, -0.15) is 5.26 Å². The van der Waals surface area contributed by atoms with Crippen molar-refractivity contribution < 1.29 is 14.3 Å². The zero-order chi connectivity index (χ0) is 23.1. The Kier molecular flexibility index (Phi) is 8.16. The minimum atomic E-state index is -0.751. The average Bonchev–Trinajstić information content (AvgIpc) is 3.07. The first-order valence-electron chi connectivity index (χ1n) is 9.90. The van der Waals surface area contributed by atoms with Gasteiger partial charge in [0.25, 0.3) is 5.56 Å². The van der Waals surface area contributed by atoms with Crippen LogP contribution >= 0.6 is 11.3 Å². The lowest BCUT2D eigenvalue weighted by Gasteiger charge is -2.20. The summed E-state index contributed by atoms with van der Waals surface area (Å²) in [5, 5.41) is 12.5. The lowest BCUT2D eigenvalue weighted by molar-refractivity contribution is -0.136. The van der Waals surface area contributed by atoms with Crippen LogP contribution in [0.5, 0.6) is 0 Å². The van der Waals surface area contributed by atoms with Gasteiger partial charge in [0.15, 0.2) is 5.57 Å². The Morgan fingerprint density at radius 2 is 2.06 bits per heavy atom. The van der Waals surface area contributed by atoms with Crippen molar-refractivity contribution in [2.24, 2.45) is 5.92 Å². The Bertz CT molecular complexity index is 1190. The maximum atomic E-state index is 12.8. The Morgan fingerprint density at radius 3 is 2.65 bits per heavy atom. The van der Waals surface area contributed by atoms with Crippen molar-refractivity contribution in [3.8, 4) is 6.07 Å². The molecule has 0 aliphatic rings. The number of hydrogen-bond donors (Lipinski definition) is 1. The van der Waals surface area contributed by atoms with Gasteiger partial charge in [0, 0.05) is 37.1 Å². The number of aromatic nitrogens is 1. The molecular weight excluding hydrogens is 416 g/mol. The predicted octanol–water partition coefficient (Wildman–Crippen LogP) is 1.64. The second-order valence-corrected chi connectivity index (χ2v) is 7.95. The smallest absolute Gasteiger partial charge is 0.351 e. The van der Waals surface area contributed by atoms with Crippen LogP contribution < -0.4 is 25.0 Å². The minimum Gasteiger partial charge on any atom is -0.462 e. The van der Waals surface area contributed by atoms with Crippen molar-refractivity contribution in [3.63, 3.8) is 0 Å². The van der Waals surface area contributed by atoms with Gasteiger partial charge in [-0.25, -0.2) is 4.79 Å². The Labute approximate surface area is 184 Å². The highest BCUT2D eigenvalue weighted by Gasteiger charge is 2.17. The van der Waals surface area contributed by atoms with Crippen molar-refractivity contribution in [1.82, 2.24) is 4.57 Å². The molecule has 0 unspecified atom stereocenters. The Balaban J connectivity index is 2.47. The highest BCUT2D eigenvalue weighted by molar-refractivity contribution is 7.07. The fourth-order valence-corrected chi connectivity index (χ4v) is 3.92. The first-order chi connectivity index (χ1) is 14.7. The topological polar surface area (TPSA) is 104 Å². The van der Waals surface area contributed by atoms with E-state index in [1.165, 1.54) is 10.8 Å². The van der Waals surface area contributed by atoms with Crippen LogP contribution in [0.15, 0.2) is 29.1 Å².